The first-order chi connectivity index (χ1) is 29.6. The van der Waals surface area contributed by atoms with E-state index >= 15 is 0 Å². The van der Waals surface area contributed by atoms with E-state index < -0.39 is 59.9 Å². The highest BCUT2D eigenvalue weighted by Gasteiger charge is 2.68. The first-order valence-electron chi connectivity index (χ1n) is 20.0. The molecule has 61 heavy (non-hydrogen) atoms. The summed E-state index contributed by atoms with van der Waals surface area (Å²) in [5, 5.41) is 8.04. The fourth-order valence-electron chi connectivity index (χ4n) is 8.95. The average Bonchev–Trinajstić information content (AvgIpc) is 3.95. The second-order valence-corrected chi connectivity index (χ2v) is 15.5. The number of esters is 1. The number of alkyl carbamates (subject to hydrolysis) is 1. The number of benzene rings is 5. The van der Waals surface area contributed by atoms with Gasteiger partial charge in [-0.2, -0.15) is 0 Å². The van der Waals surface area contributed by atoms with Crippen LogP contribution < -0.4 is 20.9 Å². The molecule has 14 heteroatoms. The van der Waals surface area contributed by atoms with E-state index in [9.17, 15) is 28.8 Å². The molecule has 5 atom stereocenters. The van der Waals surface area contributed by atoms with Gasteiger partial charge in [0, 0.05) is 17.9 Å². The Morgan fingerprint density at radius 2 is 1.44 bits per heavy atom. The summed E-state index contributed by atoms with van der Waals surface area (Å²) < 4.78 is 17.5. The van der Waals surface area contributed by atoms with E-state index in [1.165, 1.54) is 28.9 Å². The Morgan fingerprint density at radius 3 is 2.18 bits per heavy atom. The summed E-state index contributed by atoms with van der Waals surface area (Å²) in [6, 6.07) is 35.0. The largest absolute Gasteiger partial charge is 0.449 e. The number of para-hydroxylation sites is 2. The molecule has 1 unspecified atom stereocenters. The molecule has 5 amide bonds. The minimum Gasteiger partial charge on any atom is -0.449 e. The maximum atomic E-state index is 13.9. The summed E-state index contributed by atoms with van der Waals surface area (Å²) in [5.74, 6) is -2.61. The third kappa shape index (κ3) is 6.79. The molecule has 1 aliphatic carbocycles. The number of carbonyl (C=O) groups is 6. The van der Waals surface area contributed by atoms with Crippen molar-refractivity contribution in [3.63, 3.8) is 0 Å². The lowest BCUT2D eigenvalue weighted by atomic mass is 9.88. The molecule has 2 saturated heterocycles. The van der Waals surface area contributed by atoms with E-state index in [0.29, 0.717) is 11.3 Å². The third-order valence-corrected chi connectivity index (χ3v) is 11.9. The van der Waals surface area contributed by atoms with Crippen LogP contribution in [-0.4, -0.2) is 71.7 Å². The highest BCUT2D eigenvalue weighted by molar-refractivity contribution is 6.07. The maximum absolute atomic E-state index is 13.9. The number of fused-ring (bicyclic) bond motifs is 8. The van der Waals surface area contributed by atoms with E-state index in [-0.39, 0.29) is 42.7 Å². The van der Waals surface area contributed by atoms with Crippen LogP contribution in [0.5, 0.6) is 0 Å². The molecule has 5 aromatic carbocycles. The lowest BCUT2D eigenvalue weighted by molar-refractivity contribution is -0.154. The predicted molar refractivity (Wildman–Crippen MR) is 222 cm³/mol. The standard InChI is InChI=1S/C47H41N5O9/c1-27(48-45(57)59-26-35-32-18-8-6-16-30(32)31-17-7-9-19-33(31)35)40(53)49-37-22-12-10-20-34(37)41(54)50-38-24-47(61-43(38)56)36-21-11-13-23-39(36)52-42(55)28(2)51(44(47)52)46(58)60-25-29-14-4-3-5-15-29/h3-23,27-28,35,38,44H,24-26H2,1-2H3,(H,48,57)(H,49,53)(H,50,54)/t27?,28-,38-,44-,47-/m0/s1. The molecule has 3 aliphatic heterocycles. The fraction of sp³-hybridized carbons (Fsp3) is 0.234. The topological polar surface area (TPSA) is 173 Å². The van der Waals surface area contributed by atoms with Gasteiger partial charge in [-0.3, -0.25) is 24.2 Å². The molecule has 0 saturated carbocycles. The van der Waals surface area contributed by atoms with Crippen molar-refractivity contribution in [2.75, 3.05) is 16.8 Å². The number of ether oxygens (including phenoxy) is 3. The fourth-order valence-corrected chi connectivity index (χ4v) is 8.95. The highest BCUT2D eigenvalue weighted by atomic mass is 16.6. The van der Waals surface area contributed by atoms with Gasteiger partial charge >= 0.3 is 18.2 Å². The van der Waals surface area contributed by atoms with E-state index in [1.54, 1.807) is 43.3 Å². The third-order valence-electron chi connectivity index (χ3n) is 11.9. The molecule has 3 heterocycles. The molecular weight excluding hydrogens is 779 g/mol. The Kier molecular flexibility index (Phi) is 9.98. The number of nitrogens with zero attached hydrogens (tertiary/aromatic N) is 2. The number of anilines is 2. The summed E-state index contributed by atoms with van der Waals surface area (Å²) in [6.07, 6.45) is -2.75. The van der Waals surface area contributed by atoms with Crippen LogP contribution in [0.2, 0.25) is 0 Å². The Labute approximate surface area is 350 Å². The molecule has 5 aromatic rings. The van der Waals surface area contributed by atoms with Crippen molar-refractivity contribution in [2.45, 2.75) is 62.7 Å². The molecule has 3 N–H and O–H groups in total. The Hall–Kier alpha value is -7.48. The summed E-state index contributed by atoms with van der Waals surface area (Å²) in [7, 11) is 0. The molecule has 0 bridgehead atoms. The number of amides is 5. The monoisotopic (exact) mass is 819 g/mol. The maximum Gasteiger partial charge on any atom is 0.412 e. The van der Waals surface area contributed by atoms with Crippen molar-refractivity contribution in [2.24, 2.45) is 0 Å². The molecule has 0 aromatic heterocycles. The van der Waals surface area contributed by atoms with Gasteiger partial charge in [-0.25, -0.2) is 14.4 Å². The molecule has 1 spiro atoms. The molecule has 308 valence electrons. The van der Waals surface area contributed by atoms with E-state index in [0.717, 1.165) is 27.8 Å². The van der Waals surface area contributed by atoms with Crippen molar-refractivity contribution in [3.05, 3.63) is 155 Å². The molecule has 0 radical (unpaired) electrons. The van der Waals surface area contributed by atoms with Crippen LogP contribution in [0.3, 0.4) is 0 Å². The SMILES string of the molecule is CC(NC(=O)OCC1c2ccccc2-c2ccccc21)C(=O)Nc1ccccc1C(=O)N[C@H]1C[C@]2(OC1=O)c1ccccc1N1C(=O)[C@H](C)N(C(=O)OCc3ccccc3)[C@@H]12. The zero-order valence-corrected chi connectivity index (χ0v) is 33.2. The van der Waals surface area contributed by atoms with E-state index in [4.69, 9.17) is 14.2 Å². The van der Waals surface area contributed by atoms with Crippen LogP contribution in [0.1, 0.15) is 58.8 Å². The van der Waals surface area contributed by atoms with Gasteiger partial charge in [0.25, 0.3) is 11.8 Å². The van der Waals surface area contributed by atoms with Crippen molar-refractivity contribution in [1.29, 1.82) is 0 Å². The van der Waals surface area contributed by atoms with Crippen LogP contribution in [0.15, 0.2) is 127 Å². The van der Waals surface area contributed by atoms with Gasteiger partial charge in [0.1, 0.15) is 31.3 Å². The summed E-state index contributed by atoms with van der Waals surface area (Å²) in [5.41, 5.74) is 4.67. The Morgan fingerprint density at radius 1 is 0.803 bits per heavy atom. The molecular formula is C47H41N5O9. The Bertz CT molecular complexity index is 2550. The number of hydrogen-bond donors (Lipinski definition) is 3. The predicted octanol–water partition coefficient (Wildman–Crippen LogP) is 6.21. The summed E-state index contributed by atoms with van der Waals surface area (Å²) in [4.78, 5) is 84.4. The van der Waals surface area contributed by atoms with Crippen LogP contribution in [0.4, 0.5) is 21.0 Å². The quantitative estimate of drug-likeness (QED) is 0.116. The molecule has 14 nitrogen and oxygen atoms in total. The number of nitrogens with one attached hydrogen (secondary N) is 3. The van der Waals surface area contributed by atoms with Gasteiger partial charge < -0.3 is 30.2 Å². The zero-order chi connectivity index (χ0) is 42.4. The van der Waals surface area contributed by atoms with Crippen LogP contribution in [-0.2, 0) is 40.8 Å². The van der Waals surface area contributed by atoms with Gasteiger partial charge in [0.15, 0.2) is 11.8 Å². The van der Waals surface area contributed by atoms with E-state index in [1.807, 2.05) is 78.9 Å². The van der Waals surface area contributed by atoms with E-state index in [2.05, 4.69) is 16.0 Å². The van der Waals surface area contributed by atoms with Gasteiger partial charge in [-0.1, -0.05) is 109 Å². The lowest BCUT2D eigenvalue weighted by Gasteiger charge is -2.35. The average molecular weight is 820 g/mol. The zero-order valence-electron chi connectivity index (χ0n) is 33.2. The minimum absolute atomic E-state index is 0.0393. The first kappa shape index (κ1) is 39.0. The minimum atomic E-state index is -1.54. The lowest BCUT2D eigenvalue weighted by Crippen LogP contribution is -2.53. The second-order valence-electron chi connectivity index (χ2n) is 15.5. The molecule has 9 rings (SSSR count). The van der Waals surface area contributed by atoms with Crippen molar-refractivity contribution in [1.82, 2.24) is 15.5 Å². The molecule has 2 fully saturated rings. The van der Waals surface area contributed by atoms with Gasteiger partial charge in [0.2, 0.25) is 5.91 Å². The van der Waals surface area contributed by atoms with Crippen molar-refractivity contribution >= 4 is 47.3 Å². The Balaban J connectivity index is 0.870. The number of carbonyl (C=O) groups excluding carboxylic acids is 6. The second kappa shape index (κ2) is 15.6. The van der Waals surface area contributed by atoms with Crippen LogP contribution in [0, 0.1) is 0 Å². The number of rotatable bonds is 9. The van der Waals surface area contributed by atoms with Gasteiger partial charge in [0.05, 0.1) is 16.9 Å². The van der Waals surface area contributed by atoms with Crippen LogP contribution in [0.25, 0.3) is 11.1 Å². The number of hydrogen-bond acceptors (Lipinski definition) is 9. The van der Waals surface area contributed by atoms with Gasteiger partial charge in [-0.15, -0.1) is 0 Å². The van der Waals surface area contributed by atoms with Gasteiger partial charge in [-0.05, 0) is 59.9 Å². The highest BCUT2D eigenvalue weighted by Crippen LogP contribution is 2.55. The van der Waals surface area contributed by atoms with Crippen molar-refractivity contribution < 1.29 is 43.0 Å². The molecule has 4 aliphatic rings. The summed E-state index contributed by atoms with van der Waals surface area (Å²) in [6.45, 7) is 3.11. The van der Waals surface area contributed by atoms with Crippen LogP contribution >= 0.6 is 0 Å². The van der Waals surface area contributed by atoms with Crippen molar-refractivity contribution in [3.8, 4) is 11.1 Å². The first-order valence-corrected chi connectivity index (χ1v) is 20.0. The summed E-state index contributed by atoms with van der Waals surface area (Å²) >= 11 is 0. The normalized spacial score (nSPS) is 21.2. The smallest absolute Gasteiger partial charge is 0.412 e.